The summed E-state index contributed by atoms with van der Waals surface area (Å²) in [6, 6.07) is 0. The standard InChI is InChI=1S/C9H23NO6P2/c1-2-3-4-5-6-7-8-10-9(17(11,12)13)18(14,15)16/h9-10H,2-8H2,1H3,(H2,11,12,13)(H2,14,15,16). The molecule has 0 saturated carbocycles. The van der Waals surface area contributed by atoms with Gasteiger partial charge in [-0.15, -0.1) is 0 Å². The van der Waals surface area contributed by atoms with Gasteiger partial charge in [0.15, 0.2) is 0 Å². The van der Waals surface area contributed by atoms with E-state index >= 15 is 0 Å². The van der Waals surface area contributed by atoms with Crippen molar-refractivity contribution in [1.29, 1.82) is 0 Å². The van der Waals surface area contributed by atoms with Crippen molar-refractivity contribution in [1.82, 2.24) is 5.32 Å². The quantitative estimate of drug-likeness (QED) is 0.306. The van der Waals surface area contributed by atoms with Crippen molar-refractivity contribution in [3.8, 4) is 0 Å². The summed E-state index contributed by atoms with van der Waals surface area (Å²) in [5, 5.41) is 2.26. The van der Waals surface area contributed by atoms with Gasteiger partial charge in [0.05, 0.1) is 0 Å². The molecule has 18 heavy (non-hydrogen) atoms. The van der Waals surface area contributed by atoms with Crippen LogP contribution in [0.1, 0.15) is 45.4 Å². The van der Waals surface area contributed by atoms with E-state index < -0.39 is 20.7 Å². The third kappa shape index (κ3) is 8.38. The van der Waals surface area contributed by atoms with Crippen molar-refractivity contribution in [2.24, 2.45) is 0 Å². The van der Waals surface area contributed by atoms with E-state index in [1.807, 2.05) is 0 Å². The van der Waals surface area contributed by atoms with Crippen LogP contribution in [0.15, 0.2) is 0 Å². The summed E-state index contributed by atoms with van der Waals surface area (Å²) >= 11 is 0. The average molecular weight is 303 g/mol. The molecule has 0 fully saturated rings. The fraction of sp³-hybridized carbons (Fsp3) is 1.00. The van der Waals surface area contributed by atoms with Gasteiger partial charge in [0.25, 0.3) is 0 Å². The molecule has 0 aliphatic carbocycles. The number of hydrogen-bond donors (Lipinski definition) is 5. The second-order valence-corrected chi connectivity index (χ2v) is 8.07. The average Bonchev–Trinajstić information content (AvgIpc) is 2.18. The molecular weight excluding hydrogens is 280 g/mol. The first kappa shape index (κ1) is 18.3. The smallest absolute Gasteiger partial charge is 0.323 e. The topological polar surface area (TPSA) is 127 Å². The molecule has 0 spiro atoms. The molecule has 0 atom stereocenters. The molecule has 0 radical (unpaired) electrons. The van der Waals surface area contributed by atoms with E-state index in [0.717, 1.165) is 32.1 Å². The lowest BCUT2D eigenvalue weighted by atomic mass is 10.1. The highest BCUT2D eigenvalue weighted by Crippen LogP contribution is 2.58. The SMILES string of the molecule is CCCCCCCCNC(P(=O)(O)O)P(=O)(O)O. The molecule has 0 aliphatic heterocycles. The van der Waals surface area contributed by atoms with Gasteiger partial charge in [-0.25, -0.2) is 0 Å². The molecule has 5 N–H and O–H groups in total. The van der Waals surface area contributed by atoms with Gasteiger partial charge in [0.2, 0.25) is 5.52 Å². The lowest BCUT2D eigenvalue weighted by Crippen LogP contribution is -2.29. The minimum absolute atomic E-state index is 0.188. The number of rotatable bonds is 10. The van der Waals surface area contributed by atoms with Gasteiger partial charge in [0.1, 0.15) is 0 Å². The van der Waals surface area contributed by atoms with Crippen LogP contribution < -0.4 is 5.32 Å². The Labute approximate surface area is 107 Å². The number of nitrogens with one attached hydrogen (secondary N) is 1. The van der Waals surface area contributed by atoms with Gasteiger partial charge in [-0.2, -0.15) is 0 Å². The first-order valence-corrected chi connectivity index (χ1v) is 9.39. The highest BCUT2D eigenvalue weighted by Gasteiger charge is 2.42. The Bertz CT molecular complexity index is 290. The van der Waals surface area contributed by atoms with Crippen LogP contribution in [0.2, 0.25) is 0 Å². The first-order chi connectivity index (χ1) is 8.19. The zero-order chi connectivity index (χ0) is 14.2. The van der Waals surface area contributed by atoms with Crippen molar-refractivity contribution in [3.63, 3.8) is 0 Å². The highest BCUT2D eigenvalue weighted by atomic mass is 31.2. The second-order valence-electron chi connectivity index (χ2n) is 4.27. The van der Waals surface area contributed by atoms with Gasteiger partial charge in [0, 0.05) is 0 Å². The second kappa shape index (κ2) is 8.43. The molecule has 9 heteroatoms. The summed E-state index contributed by atoms with van der Waals surface area (Å²) in [4.78, 5) is 35.4. The minimum atomic E-state index is -4.84. The molecule has 0 rings (SSSR count). The van der Waals surface area contributed by atoms with Gasteiger partial charge < -0.3 is 19.6 Å². The normalized spacial score (nSPS) is 13.2. The van der Waals surface area contributed by atoms with Crippen LogP contribution >= 0.6 is 15.2 Å². The zero-order valence-electron chi connectivity index (χ0n) is 10.5. The van der Waals surface area contributed by atoms with E-state index in [9.17, 15) is 9.13 Å². The summed E-state index contributed by atoms with van der Waals surface area (Å²) in [6.45, 7) is 2.29. The maximum atomic E-state index is 10.9. The Morgan fingerprint density at radius 3 is 1.78 bits per heavy atom. The van der Waals surface area contributed by atoms with Crippen LogP contribution in [-0.2, 0) is 9.13 Å². The molecule has 0 amide bonds. The maximum Gasteiger partial charge on any atom is 0.354 e. The third-order valence-corrected chi connectivity index (χ3v) is 5.94. The van der Waals surface area contributed by atoms with Crippen LogP contribution in [0.5, 0.6) is 0 Å². The van der Waals surface area contributed by atoms with Crippen molar-refractivity contribution < 1.29 is 28.7 Å². The Balaban J connectivity index is 3.94. The van der Waals surface area contributed by atoms with Gasteiger partial charge in [-0.05, 0) is 13.0 Å². The predicted octanol–water partition coefficient (Wildman–Crippen LogP) is 1.58. The highest BCUT2D eigenvalue weighted by molar-refractivity contribution is 7.70. The zero-order valence-corrected chi connectivity index (χ0v) is 12.3. The van der Waals surface area contributed by atoms with Crippen molar-refractivity contribution in [2.45, 2.75) is 51.0 Å². The van der Waals surface area contributed by atoms with E-state index in [2.05, 4.69) is 12.2 Å². The summed E-state index contributed by atoms with van der Waals surface area (Å²) < 4.78 is 21.8. The first-order valence-electron chi connectivity index (χ1n) is 6.03. The summed E-state index contributed by atoms with van der Waals surface area (Å²) in [5.41, 5.74) is -2.08. The lowest BCUT2D eigenvalue weighted by molar-refractivity contribution is 0.327. The molecular formula is C9H23NO6P2. The van der Waals surface area contributed by atoms with E-state index in [1.165, 1.54) is 0 Å². The molecule has 0 aromatic rings. The van der Waals surface area contributed by atoms with Crippen molar-refractivity contribution in [2.75, 3.05) is 6.54 Å². The Morgan fingerprint density at radius 2 is 1.33 bits per heavy atom. The molecule has 7 nitrogen and oxygen atoms in total. The molecule has 0 aromatic heterocycles. The van der Waals surface area contributed by atoms with Crippen molar-refractivity contribution in [3.05, 3.63) is 0 Å². The molecule has 0 unspecified atom stereocenters. The van der Waals surface area contributed by atoms with Gasteiger partial charge >= 0.3 is 15.2 Å². The van der Waals surface area contributed by atoms with Crippen LogP contribution in [0, 0.1) is 0 Å². The third-order valence-electron chi connectivity index (χ3n) is 2.49. The van der Waals surface area contributed by atoms with Crippen molar-refractivity contribution >= 4 is 15.2 Å². The van der Waals surface area contributed by atoms with Crippen LogP contribution in [-0.4, -0.2) is 31.6 Å². The molecule has 0 aliphatic rings. The fourth-order valence-corrected chi connectivity index (χ4v) is 3.87. The molecule has 0 bridgehead atoms. The Hall–Kier alpha value is 0.260. The molecule has 0 saturated heterocycles. The Morgan fingerprint density at radius 1 is 0.889 bits per heavy atom. The monoisotopic (exact) mass is 303 g/mol. The van der Waals surface area contributed by atoms with Crippen LogP contribution in [0.3, 0.4) is 0 Å². The number of unbranched alkanes of at least 4 members (excludes halogenated alkanes) is 5. The largest absolute Gasteiger partial charge is 0.354 e. The van der Waals surface area contributed by atoms with E-state index in [0.29, 0.717) is 6.42 Å². The van der Waals surface area contributed by atoms with E-state index in [1.54, 1.807) is 0 Å². The minimum Gasteiger partial charge on any atom is -0.323 e. The summed E-state index contributed by atoms with van der Waals surface area (Å²) in [7, 11) is -9.68. The molecule has 0 heterocycles. The molecule has 110 valence electrons. The van der Waals surface area contributed by atoms with E-state index in [-0.39, 0.29) is 6.54 Å². The van der Waals surface area contributed by atoms with Gasteiger partial charge in [-0.1, -0.05) is 39.0 Å². The van der Waals surface area contributed by atoms with Crippen LogP contribution in [0.4, 0.5) is 0 Å². The summed E-state index contributed by atoms with van der Waals surface area (Å²) in [6.07, 6.45) is 5.93. The summed E-state index contributed by atoms with van der Waals surface area (Å²) in [5.74, 6) is 0. The lowest BCUT2D eigenvalue weighted by Gasteiger charge is -2.20. The van der Waals surface area contributed by atoms with Gasteiger partial charge in [-0.3, -0.25) is 14.4 Å². The van der Waals surface area contributed by atoms with E-state index in [4.69, 9.17) is 19.6 Å². The Kier molecular flexibility index (Phi) is 8.56. The van der Waals surface area contributed by atoms with Crippen LogP contribution in [0.25, 0.3) is 0 Å². The predicted molar refractivity (Wildman–Crippen MR) is 69.3 cm³/mol. The fourth-order valence-electron chi connectivity index (χ4n) is 1.57. The molecule has 0 aromatic carbocycles. The maximum absolute atomic E-state index is 10.9. The number of hydrogen-bond acceptors (Lipinski definition) is 3.